The third kappa shape index (κ3) is 5.94. The summed E-state index contributed by atoms with van der Waals surface area (Å²) >= 11 is 0. The van der Waals surface area contributed by atoms with Crippen molar-refractivity contribution in [2.75, 3.05) is 19.8 Å². The summed E-state index contributed by atoms with van der Waals surface area (Å²) in [6.07, 6.45) is 3.18. The molecule has 0 heterocycles. The van der Waals surface area contributed by atoms with E-state index in [2.05, 4.69) is 13.0 Å². The maximum absolute atomic E-state index is 8.64. The SMILES string of the molecule is CCCCOCCCOc1ccc(C#N)cc1. The van der Waals surface area contributed by atoms with Gasteiger partial charge in [0.25, 0.3) is 0 Å². The van der Waals surface area contributed by atoms with Gasteiger partial charge in [-0.15, -0.1) is 0 Å². The van der Waals surface area contributed by atoms with Gasteiger partial charge >= 0.3 is 0 Å². The molecule has 0 amide bonds. The van der Waals surface area contributed by atoms with E-state index >= 15 is 0 Å². The predicted molar refractivity (Wildman–Crippen MR) is 67.0 cm³/mol. The number of nitriles is 1. The van der Waals surface area contributed by atoms with E-state index in [4.69, 9.17) is 14.7 Å². The first-order valence-corrected chi connectivity index (χ1v) is 6.07. The topological polar surface area (TPSA) is 42.2 Å². The lowest BCUT2D eigenvalue weighted by molar-refractivity contribution is 0.117. The Hall–Kier alpha value is -1.53. The molecule has 17 heavy (non-hydrogen) atoms. The molecular weight excluding hydrogens is 214 g/mol. The van der Waals surface area contributed by atoms with Crippen molar-refractivity contribution in [2.45, 2.75) is 26.2 Å². The molecule has 1 aromatic rings. The molecule has 0 saturated heterocycles. The lowest BCUT2D eigenvalue weighted by Gasteiger charge is -2.06. The largest absolute Gasteiger partial charge is 0.494 e. The summed E-state index contributed by atoms with van der Waals surface area (Å²) in [5.41, 5.74) is 0.653. The second-order valence-corrected chi connectivity index (χ2v) is 3.80. The molecule has 0 bridgehead atoms. The van der Waals surface area contributed by atoms with E-state index in [-0.39, 0.29) is 0 Å². The monoisotopic (exact) mass is 233 g/mol. The van der Waals surface area contributed by atoms with E-state index in [1.54, 1.807) is 12.1 Å². The molecule has 0 aliphatic carbocycles. The van der Waals surface area contributed by atoms with Crippen molar-refractivity contribution >= 4 is 0 Å². The summed E-state index contributed by atoms with van der Waals surface area (Å²) in [5.74, 6) is 0.803. The zero-order valence-corrected chi connectivity index (χ0v) is 10.3. The van der Waals surface area contributed by atoms with Gasteiger partial charge in [-0.2, -0.15) is 5.26 Å². The van der Waals surface area contributed by atoms with Gasteiger partial charge in [-0.3, -0.25) is 0 Å². The Labute approximate surface area is 103 Å². The minimum Gasteiger partial charge on any atom is -0.494 e. The predicted octanol–water partition coefficient (Wildman–Crippen LogP) is 3.14. The maximum atomic E-state index is 8.64. The minimum absolute atomic E-state index is 0.651. The molecule has 0 saturated carbocycles. The molecule has 0 aliphatic heterocycles. The van der Waals surface area contributed by atoms with Crippen LogP contribution in [-0.4, -0.2) is 19.8 Å². The minimum atomic E-state index is 0.651. The van der Waals surface area contributed by atoms with Crippen LogP contribution >= 0.6 is 0 Å². The number of hydrogen-bond acceptors (Lipinski definition) is 3. The summed E-state index contributed by atoms with van der Waals surface area (Å²) in [5, 5.41) is 8.64. The number of hydrogen-bond donors (Lipinski definition) is 0. The molecule has 1 aromatic carbocycles. The second kappa shape index (κ2) is 8.60. The Bertz CT molecular complexity index is 340. The summed E-state index contributed by atoms with van der Waals surface area (Å²) in [6.45, 7) is 4.39. The highest BCUT2D eigenvalue weighted by Gasteiger charge is 1.95. The van der Waals surface area contributed by atoms with Crippen LogP contribution in [0.25, 0.3) is 0 Å². The number of nitrogens with zero attached hydrogens (tertiary/aromatic N) is 1. The van der Waals surface area contributed by atoms with Crippen LogP contribution < -0.4 is 4.74 Å². The lowest BCUT2D eigenvalue weighted by atomic mass is 10.2. The van der Waals surface area contributed by atoms with E-state index in [0.717, 1.165) is 31.8 Å². The molecule has 3 heteroatoms. The average Bonchev–Trinajstić information content (AvgIpc) is 2.38. The van der Waals surface area contributed by atoms with Gasteiger partial charge in [0.1, 0.15) is 5.75 Å². The first kappa shape index (κ1) is 13.5. The molecule has 0 atom stereocenters. The van der Waals surface area contributed by atoms with Gasteiger partial charge in [-0.25, -0.2) is 0 Å². The molecule has 0 spiro atoms. The summed E-state index contributed by atoms with van der Waals surface area (Å²) in [6, 6.07) is 9.22. The fourth-order valence-corrected chi connectivity index (χ4v) is 1.33. The molecule has 0 fully saturated rings. The fraction of sp³-hybridized carbons (Fsp3) is 0.500. The van der Waals surface area contributed by atoms with Crippen molar-refractivity contribution in [2.24, 2.45) is 0 Å². The third-order valence-electron chi connectivity index (χ3n) is 2.33. The van der Waals surface area contributed by atoms with Gasteiger partial charge in [-0.05, 0) is 30.7 Å². The van der Waals surface area contributed by atoms with Crippen molar-refractivity contribution in [1.29, 1.82) is 5.26 Å². The molecule has 92 valence electrons. The Morgan fingerprint density at radius 2 is 1.76 bits per heavy atom. The van der Waals surface area contributed by atoms with Crippen molar-refractivity contribution in [3.63, 3.8) is 0 Å². The normalized spacial score (nSPS) is 9.88. The first-order valence-electron chi connectivity index (χ1n) is 6.07. The van der Waals surface area contributed by atoms with Crippen LogP contribution in [-0.2, 0) is 4.74 Å². The fourth-order valence-electron chi connectivity index (χ4n) is 1.33. The molecule has 0 N–H and O–H groups in total. The Morgan fingerprint density at radius 3 is 2.41 bits per heavy atom. The number of rotatable bonds is 8. The van der Waals surface area contributed by atoms with Crippen LogP contribution in [0.2, 0.25) is 0 Å². The smallest absolute Gasteiger partial charge is 0.119 e. The van der Waals surface area contributed by atoms with E-state index in [0.29, 0.717) is 12.2 Å². The van der Waals surface area contributed by atoms with Crippen LogP contribution in [0.4, 0.5) is 0 Å². The summed E-state index contributed by atoms with van der Waals surface area (Å²) < 4.78 is 10.9. The number of ether oxygens (including phenoxy) is 2. The van der Waals surface area contributed by atoms with E-state index in [1.807, 2.05) is 12.1 Å². The lowest BCUT2D eigenvalue weighted by Crippen LogP contribution is -2.03. The van der Waals surface area contributed by atoms with Crippen LogP contribution in [0.5, 0.6) is 5.75 Å². The van der Waals surface area contributed by atoms with Crippen LogP contribution in [0.1, 0.15) is 31.7 Å². The molecular formula is C14H19NO2. The molecule has 0 radical (unpaired) electrons. The molecule has 3 nitrogen and oxygen atoms in total. The quantitative estimate of drug-likeness (QED) is 0.648. The van der Waals surface area contributed by atoms with Gasteiger partial charge in [0.15, 0.2) is 0 Å². The highest BCUT2D eigenvalue weighted by molar-refractivity contribution is 5.34. The van der Waals surface area contributed by atoms with Gasteiger partial charge < -0.3 is 9.47 Å². The average molecular weight is 233 g/mol. The first-order chi connectivity index (χ1) is 8.36. The van der Waals surface area contributed by atoms with Gasteiger partial charge in [0.2, 0.25) is 0 Å². The van der Waals surface area contributed by atoms with Crippen molar-refractivity contribution in [3.05, 3.63) is 29.8 Å². The van der Waals surface area contributed by atoms with Crippen molar-refractivity contribution in [1.82, 2.24) is 0 Å². The maximum Gasteiger partial charge on any atom is 0.119 e. The Morgan fingerprint density at radius 1 is 1.06 bits per heavy atom. The zero-order valence-electron chi connectivity index (χ0n) is 10.3. The van der Waals surface area contributed by atoms with Crippen LogP contribution in [0, 0.1) is 11.3 Å². The molecule has 0 aliphatic rings. The molecule has 1 rings (SSSR count). The van der Waals surface area contributed by atoms with Crippen molar-refractivity contribution in [3.8, 4) is 11.8 Å². The molecule has 0 unspecified atom stereocenters. The van der Waals surface area contributed by atoms with Gasteiger partial charge in [0.05, 0.1) is 18.2 Å². The van der Waals surface area contributed by atoms with Crippen LogP contribution in [0.3, 0.4) is 0 Å². The van der Waals surface area contributed by atoms with Crippen molar-refractivity contribution < 1.29 is 9.47 Å². The Balaban J connectivity index is 2.08. The summed E-state index contributed by atoms with van der Waals surface area (Å²) in [7, 11) is 0. The highest BCUT2D eigenvalue weighted by Crippen LogP contribution is 2.11. The highest BCUT2D eigenvalue weighted by atomic mass is 16.5. The van der Waals surface area contributed by atoms with Crippen LogP contribution in [0.15, 0.2) is 24.3 Å². The standard InChI is InChI=1S/C14H19NO2/c1-2-3-9-16-10-4-11-17-14-7-5-13(12-15)6-8-14/h5-8H,2-4,9-11H2,1H3. The van der Waals surface area contributed by atoms with E-state index < -0.39 is 0 Å². The third-order valence-corrected chi connectivity index (χ3v) is 2.33. The number of benzene rings is 1. The van der Waals surface area contributed by atoms with E-state index in [9.17, 15) is 0 Å². The van der Waals surface area contributed by atoms with E-state index in [1.165, 1.54) is 6.42 Å². The van der Waals surface area contributed by atoms with Gasteiger partial charge in [-0.1, -0.05) is 13.3 Å². The second-order valence-electron chi connectivity index (χ2n) is 3.80. The molecule has 0 aromatic heterocycles. The summed E-state index contributed by atoms with van der Waals surface area (Å²) in [4.78, 5) is 0. The number of unbranched alkanes of at least 4 members (excludes halogenated alkanes) is 1. The van der Waals surface area contributed by atoms with Gasteiger partial charge in [0, 0.05) is 19.6 Å². The Kier molecular flexibility index (Phi) is 6.85. The zero-order chi connectivity index (χ0) is 12.3.